The van der Waals surface area contributed by atoms with Gasteiger partial charge in [0.05, 0.1) is 17.3 Å². The van der Waals surface area contributed by atoms with Crippen LogP contribution in [-0.4, -0.2) is 17.6 Å². The van der Waals surface area contributed by atoms with Crippen LogP contribution in [0.2, 0.25) is 10.0 Å². The van der Waals surface area contributed by atoms with Gasteiger partial charge in [-0.25, -0.2) is 0 Å². The summed E-state index contributed by atoms with van der Waals surface area (Å²) in [6, 6.07) is 8.49. The molecule has 0 aliphatic heterocycles. The molecule has 0 radical (unpaired) electrons. The minimum atomic E-state index is -0.374. The standard InChI is InChI=1S/C26H35Cl2NO3/c1-3-4-5-6-7-8-9-10-11-12-16-32-21-15-13-14-20(17-21)26(31)29-23-18-22(27)19(2)24(28)25(23)30/h13-15,17-18,30H,3-12,16H2,1-2H3,(H,29,31). The first kappa shape index (κ1) is 26.3. The number of ether oxygens (including phenoxy) is 1. The lowest BCUT2D eigenvalue weighted by Crippen LogP contribution is -2.12. The molecular weight excluding hydrogens is 445 g/mol. The van der Waals surface area contributed by atoms with Crippen LogP contribution in [0.4, 0.5) is 5.69 Å². The van der Waals surface area contributed by atoms with E-state index in [9.17, 15) is 9.90 Å². The maximum absolute atomic E-state index is 12.6. The van der Waals surface area contributed by atoms with Crippen molar-refractivity contribution in [3.8, 4) is 11.5 Å². The first-order valence-electron chi connectivity index (χ1n) is 11.7. The van der Waals surface area contributed by atoms with Gasteiger partial charge in [-0.15, -0.1) is 0 Å². The predicted octanol–water partition coefficient (Wildman–Crippen LogP) is 8.56. The van der Waals surface area contributed by atoms with Gasteiger partial charge in [-0.2, -0.15) is 0 Å². The highest BCUT2D eigenvalue weighted by Gasteiger charge is 2.15. The largest absolute Gasteiger partial charge is 0.504 e. The second-order valence-corrected chi connectivity index (χ2v) is 8.99. The van der Waals surface area contributed by atoms with E-state index in [0.29, 0.717) is 28.5 Å². The molecule has 0 spiro atoms. The van der Waals surface area contributed by atoms with E-state index in [0.717, 1.165) is 12.8 Å². The molecule has 2 N–H and O–H groups in total. The maximum atomic E-state index is 12.6. The number of carbonyl (C=O) groups excluding carboxylic acids is 1. The Balaban J connectivity index is 1.74. The van der Waals surface area contributed by atoms with Crippen molar-refractivity contribution in [2.24, 2.45) is 0 Å². The van der Waals surface area contributed by atoms with Crippen molar-refractivity contribution in [3.05, 3.63) is 51.5 Å². The molecule has 0 aliphatic rings. The Morgan fingerprint density at radius 1 is 0.969 bits per heavy atom. The lowest BCUT2D eigenvalue weighted by molar-refractivity contribution is 0.102. The molecule has 0 atom stereocenters. The van der Waals surface area contributed by atoms with Crippen molar-refractivity contribution in [2.75, 3.05) is 11.9 Å². The third-order valence-electron chi connectivity index (χ3n) is 5.53. The topological polar surface area (TPSA) is 58.6 Å². The SMILES string of the molecule is CCCCCCCCCCCCOc1cccc(C(=O)Nc2cc(Cl)c(C)c(Cl)c2O)c1. The van der Waals surface area contributed by atoms with Crippen LogP contribution in [0.5, 0.6) is 11.5 Å². The fourth-order valence-corrected chi connectivity index (χ4v) is 3.96. The molecule has 176 valence electrons. The molecule has 2 aromatic carbocycles. The van der Waals surface area contributed by atoms with E-state index in [-0.39, 0.29) is 22.4 Å². The zero-order valence-corrected chi connectivity index (χ0v) is 20.7. The predicted molar refractivity (Wildman–Crippen MR) is 135 cm³/mol. The highest BCUT2D eigenvalue weighted by Crippen LogP contribution is 2.39. The Labute approximate surface area is 202 Å². The number of carbonyl (C=O) groups is 1. The van der Waals surface area contributed by atoms with E-state index < -0.39 is 0 Å². The zero-order chi connectivity index (χ0) is 23.3. The van der Waals surface area contributed by atoms with Crippen molar-refractivity contribution in [1.82, 2.24) is 0 Å². The van der Waals surface area contributed by atoms with Crippen LogP contribution in [-0.2, 0) is 0 Å². The summed E-state index contributed by atoms with van der Waals surface area (Å²) in [6.45, 7) is 4.58. The Morgan fingerprint density at radius 2 is 1.59 bits per heavy atom. The van der Waals surface area contributed by atoms with Crippen LogP contribution < -0.4 is 10.1 Å². The van der Waals surface area contributed by atoms with Gasteiger partial charge in [0.1, 0.15) is 5.75 Å². The summed E-state index contributed by atoms with van der Waals surface area (Å²) in [5.74, 6) is 0.0775. The molecular formula is C26H35Cl2NO3. The van der Waals surface area contributed by atoms with Crippen LogP contribution in [0.3, 0.4) is 0 Å². The monoisotopic (exact) mass is 479 g/mol. The molecule has 0 unspecified atom stereocenters. The Hall–Kier alpha value is -1.91. The highest BCUT2D eigenvalue weighted by molar-refractivity contribution is 6.37. The van der Waals surface area contributed by atoms with Crippen LogP contribution in [0.25, 0.3) is 0 Å². The van der Waals surface area contributed by atoms with Crippen LogP contribution in [0.15, 0.2) is 30.3 Å². The summed E-state index contributed by atoms with van der Waals surface area (Å²) in [5, 5.41) is 13.4. The number of phenolic OH excluding ortho intramolecular Hbond substituents is 1. The van der Waals surface area contributed by atoms with Crippen LogP contribution in [0.1, 0.15) is 87.1 Å². The zero-order valence-electron chi connectivity index (χ0n) is 19.2. The first-order chi connectivity index (χ1) is 15.4. The van der Waals surface area contributed by atoms with Gasteiger partial charge in [0.25, 0.3) is 5.91 Å². The van der Waals surface area contributed by atoms with E-state index in [1.807, 2.05) is 6.07 Å². The molecule has 0 heterocycles. The average molecular weight is 480 g/mol. The van der Waals surface area contributed by atoms with E-state index >= 15 is 0 Å². The quantitative estimate of drug-likeness (QED) is 0.210. The fraction of sp³-hybridized carbons (Fsp3) is 0.500. The molecule has 0 saturated heterocycles. The van der Waals surface area contributed by atoms with Gasteiger partial charge in [0.2, 0.25) is 0 Å². The first-order valence-corrected chi connectivity index (χ1v) is 12.4. The van der Waals surface area contributed by atoms with Crippen molar-refractivity contribution in [1.29, 1.82) is 0 Å². The second kappa shape index (κ2) is 14.3. The summed E-state index contributed by atoms with van der Waals surface area (Å²) in [5.41, 5.74) is 1.16. The van der Waals surface area contributed by atoms with E-state index in [1.165, 1.54) is 57.4 Å². The smallest absolute Gasteiger partial charge is 0.255 e. The van der Waals surface area contributed by atoms with Gasteiger partial charge in [-0.3, -0.25) is 4.79 Å². The number of unbranched alkanes of at least 4 members (excludes halogenated alkanes) is 9. The van der Waals surface area contributed by atoms with E-state index in [2.05, 4.69) is 12.2 Å². The summed E-state index contributed by atoms with van der Waals surface area (Å²) < 4.78 is 5.83. The third-order valence-corrected chi connectivity index (χ3v) is 6.39. The van der Waals surface area contributed by atoms with Gasteiger partial charge in [0.15, 0.2) is 5.75 Å². The maximum Gasteiger partial charge on any atom is 0.255 e. The van der Waals surface area contributed by atoms with Crippen molar-refractivity contribution < 1.29 is 14.6 Å². The summed E-state index contributed by atoms with van der Waals surface area (Å²) >= 11 is 12.2. The summed E-state index contributed by atoms with van der Waals surface area (Å²) in [7, 11) is 0. The molecule has 4 nitrogen and oxygen atoms in total. The molecule has 0 saturated carbocycles. The number of amides is 1. The minimum Gasteiger partial charge on any atom is -0.504 e. The third kappa shape index (κ3) is 8.55. The fourth-order valence-electron chi connectivity index (χ4n) is 3.50. The number of benzene rings is 2. The Kier molecular flexibility index (Phi) is 11.8. The molecule has 0 aromatic heterocycles. The summed E-state index contributed by atoms with van der Waals surface area (Å²) in [6.07, 6.45) is 12.8. The van der Waals surface area contributed by atoms with Gasteiger partial charge in [-0.1, -0.05) is 94.0 Å². The molecule has 2 aromatic rings. The molecule has 0 aliphatic carbocycles. The number of hydrogen-bond donors (Lipinski definition) is 2. The average Bonchev–Trinajstić information content (AvgIpc) is 2.79. The number of rotatable bonds is 14. The molecule has 0 fully saturated rings. The number of phenols is 1. The van der Waals surface area contributed by atoms with Crippen molar-refractivity contribution in [2.45, 2.75) is 78.1 Å². The van der Waals surface area contributed by atoms with Gasteiger partial charge >= 0.3 is 0 Å². The van der Waals surface area contributed by atoms with Gasteiger partial charge < -0.3 is 15.2 Å². The van der Waals surface area contributed by atoms with Crippen LogP contribution >= 0.6 is 23.2 Å². The Morgan fingerprint density at radius 3 is 2.25 bits per heavy atom. The van der Waals surface area contributed by atoms with E-state index in [4.69, 9.17) is 27.9 Å². The highest BCUT2D eigenvalue weighted by atomic mass is 35.5. The lowest BCUT2D eigenvalue weighted by atomic mass is 10.1. The number of nitrogens with one attached hydrogen (secondary N) is 1. The Bertz CT molecular complexity index is 870. The number of halogens is 2. The van der Waals surface area contributed by atoms with Crippen molar-refractivity contribution in [3.63, 3.8) is 0 Å². The molecule has 6 heteroatoms. The molecule has 2 rings (SSSR count). The number of anilines is 1. The lowest BCUT2D eigenvalue weighted by Gasteiger charge is -2.12. The van der Waals surface area contributed by atoms with Gasteiger partial charge in [0, 0.05) is 10.6 Å². The normalized spacial score (nSPS) is 10.9. The van der Waals surface area contributed by atoms with E-state index in [1.54, 1.807) is 25.1 Å². The van der Waals surface area contributed by atoms with Crippen molar-refractivity contribution >= 4 is 34.8 Å². The molecule has 1 amide bonds. The second-order valence-electron chi connectivity index (χ2n) is 8.21. The molecule has 32 heavy (non-hydrogen) atoms. The molecule has 0 bridgehead atoms. The minimum absolute atomic E-state index is 0.126. The van der Waals surface area contributed by atoms with Crippen LogP contribution in [0, 0.1) is 6.92 Å². The summed E-state index contributed by atoms with van der Waals surface area (Å²) in [4.78, 5) is 12.6. The van der Waals surface area contributed by atoms with Gasteiger partial charge in [-0.05, 0) is 43.2 Å². The number of hydrogen-bond acceptors (Lipinski definition) is 3. The number of aromatic hydroxyl groups is 1.